The van der Waals surface area contributed by atoms with Crippen molar-refractivity contribution in [2.75, 3.05) is 79.0 Å². The molecule has 0 saturated heterocycles. The van der Waals surface area contributed by atoms with E-state index in [0.29, 0.717) is 32.6 Å². The van der Waals surface area contributed by atoms with Gasteiger partial charge in [-0.2, -0.15) is 0 Å². The van der Waals surface area contributed by atoms with E-state index in [1.807, 2.05) is 0 Å². The second kappa shape index (κ2) is 24.9. The lowest BCUT2D eigenvalue weighted by molar-refractivity contribution is -0.127. The summed E-state index contributed by atoms with van der Waals surface area (Å²) in [6.07, 6.45) is 1.35. The molecular formula is C26H46N4O10. The van der Waals surface area contributed by atoms with Gasteiger partial charge in [-0.1, -0.05) is 13.5 Å². The monoisotopic (exact) mass is 574 g/mol. The summed E-state index contributed by atoms with van der Waals surface area (Å²) in [7, 11) is 0. The number of aliphatic hydroxyl groups excluding tert-OH is 1. The first-order chi connectivity index (χ1) is 19.1. The van der Waals surface area contributed by atoms with E-state index in [1.54, 1.807) is 6.92 Å². The molecule has 14 nitrogen and oxygen atoms in total. The fraction of sp³-hybridized carbons (Fsp3) is 0.731. The summed E-state index contributed by atoms with van der Waals surface area (Å²) in [6.45, 7) is 9.13. The molecule has 0 fully saturated rings. The van der Waals surface area contributed by atoms with E-state index in [1.165, 1.54) is 6.92 Å². The quantitative estimate of drug-likeness (QED) is 0.0657. The molecule has 0 rings (SSSR count). The average molecular weight is 575 g/mol. The standard InChI is InChI=1S/C26H46N4O10/c1-20(22(3)32)17-24(34)27-7-6-23(33)28-8-9-29-25(35)18-40-16-14-38-12-10-30-26(36)19-39-15-13-37-11-4-5-21(2)31/h20,32H,3-19H2,1-2H3,(H,27,34)(H,28,33)(H,29,35)(H,30,36). The minimum Gasteiger partial charge on any atom is -0.513 e. The fourth-order valence-corrected chi connectivity index (χ4v) is 2.83. The molecule has 0 saturated carbocycles. The minimum atomic E-state index is -0.353. The summed E-state index contributed by atoms with van der Waals surface area (Å²) < 4.78 is 21.0. The van der Waals surface area contributed by atoms with Crippen molar-refractivity contribution in [1.82, 2.24) is 21.3 Å². The lowest BCUT2D eigenvalue weighted by Crippen LogP contribution is -2.37. The highest BCUT2D eigenvalue weighted by Gasteiger charge is 2.11. The number of Topliss-reactive ketones (excluding diaryl/α,β-unsaturated/α-hetero) is 1. The average Bonchev–Trinajstić information content (AvgIpc) is 2.89. The van der Waals surface area contributed by atoms with E-state index in [4.69, 9.17) is 18.9 Å². The molecule has 230 valence electrons. The lowest BCUT2D eigenvalue weighted by Gasteiger charge is -2.10. The van der Waals surface area contributed by atoms with Gasteiger partial charge < -0.3 is 50.1 Å². The molecule has 4 amide bonds. The summed E-state index contributed by atoms with van der Waals surface area (Å²) in [4.78, 5) is 57.6. The van der Waals surface area contributed by atoms with Crippen molar-refractivity contribution in [2.24, 2.45) is 5.92 Å². The van der Waals surface area contributed by atoms with Gasteiger partial charge in [0.1, 0.15) is 19.0 Å². The van der Waals surface area contributed by atoms with Gasteiger partial charge in [-0.15, -0.1) is 0 Å². The molecule has 0 aliphatic carbocycles. The zero-order valence-corrected chi connectivity index (χ0v) is 23.7. The molecule has 0 aromatic carbocycles. The highest BCUT2D eigenvalue weighted by molar-refractivity contribution is 5.79. The van der Waals surface area contributed by atoms with Crippen LogP contribution in [0.2, 0.25) is 0 Å². The molecule has 0 aromatic rings. The Morgan fingerprint density at radius 1 is 0.650 bits per heavy atom. The van der Waals surface area contributed by atoms with Crippen molar-refractivity contribution in [2.45, 2.75) is 39.5 Å². The van der Waals surface area contributed by atoms with Gasteiger partial charge in [-0.3, -0.25) is 19.2 Å². The number of rotatable bonds is 26. The summed E-state index contributed by atoms with van der Waals surface area (Å²) in [5.41, 5.74) is 0. The number of hydrogen-bond donors (Lipinski definition) is 5. The summed E-state index contributed by atoms with van der Waals surface area (Å²) in [5.74, 6) is -1.44. The minimum absolute atomic E-state index is 0.0625. The van der Waals surface area contributed by atoms with Crippen LogP contribution >= 0.6 is 0 Å². The summed E-state index contributed by atoms with van der Waals surface area (Å²) >= 11 is 0. The molecule has 0 spiro atoms. The maximum absolute atomic E-state index is 11.8. The number of allylic oxidation sites excluding steroid dienone is 1. The molecule has 40 heavy (non-hydrogen) atoms. The summed E-state index contributed by atoms with van der Waals surface area (Å²) in [6, 6.07) is 0. The third-order valence-electron chi connectivity index (χ3n) is 5.10. The highest BCUT2D eigenvalue weighted by Crippen LogP contribution is 2.08. The van der Waals surface area contributed by atoms with Crippen LogP contribution in [0, 0.1) is 5.92 Å². The number of aliphatic hydroxyl groups is 1. The molecule has 5 N–H and O–H groups in total. The molecule has 0 aromatic heterocycles. The Balaban J connectivity index is 3.48. The molecule has 1 atom stereocenters. The van der Waals surface area contributed by atoms with Crippen LogP contribution in [0.4, 0.5) is 0 Å². The Hall–Kier alpha value is -3.07. The van der Waals surface area contributed by atoms with Crippen LogP contribution in [0.3, 0.4) is 0 Å². The molecule has 0 radical (unpaired) electrons. The second-order valence-corrected chi connectivity index (χ2v) is 8.88. The zero-order chi connectivity index (χ0) is 30.0. The Morgan fingerprint density at radius 2 is 1.15 bits per heavy atom. The van der Waals surface area contributed by atoms with E-state index in [9.17, 15) is 29.1 Å². The zero-order valence-electron chi connectivity index (χ0n) is 23.7. The predicted octanol–water partition coefficient (Wildman–Crippen LogP) is -0.625. The van der Waals surface area contributed by atoms with Crippen LogP contribution in [0.25, 0.3) is 0 Å². The van der Waals surface area contributed by atoms with E-state index in [-0.39, 0.29) is 113 Å². The van der Waals surface area contributed by atoms with Crippen LogP contribution in [0.15, 0.2) is 12.3 Å². The van der Waals surface area contributed by atoms with Gasteiger partial charge in [0.05, 0.1) is 38.8 Å². The van der Waals surface area contributed by atoms with Gasteiger partial charge >= 0.3 is 0 Å². The Bertz CT molecular complexity index is 779. The maximum Gasteiger partial charge on any atom is 0.246 e. The largest absolute Gasteiger partial charge is 0.513 e. The molecule has 0 aliphatic rings. The molecule has 14 heteroatoms. The summed E-state index contributed by atoms with van der Waals surface area (Å²) in [5, 5.41) is 19.7. The first kappa shape index (κ1) is 36.9. The number of carbonyl (C=O) groups excluding carboxylic acids is 5. The number of carbonyl (C=O) groups is 5. The van der Waals surface area contributed by atoms with Gasteiger partial charge in [-0.05, 0) is 13.3 Å². The first-order valence-corrected chi connectivity index (χ1v) is 13.4. The third kappa shape index (κ3) is 25.2. The second-order valence-electron chi connectivity index (χ2n) is 8.88. The van der Waals surface area contributed by atoms with Crippen molar-refractivity contribution in [3.63, 3.8) is 0 Å². The van der Waals surface area contributed by atoms with Gasteiger partial charge in [0.15, 0.2) is 0 Å². The van der Waals surface area contributed by atoms with Gasteiger partial charge in [-0.25, -0.2) is 0 Å². The Kier molecular flexibility index (Phi) is 23.0. The number of ether oxygens (including phenoxy) is 4. The van der Waals surface area contributed by atoms with Gasteiger partial charge in [0, 0.05) is 58.0 Å². The smallest absolute Gasteiger partial charge is 0.246 e. The normalized spacial score (nSPS) is 11.3. The number of nitrogens with one attached hydrogen (secondary N) is 4. The van der Waals surface area contributed by atoms with Gasteiger partial charge in [0.25, 0.3) is 0 Å². The van der Waals surface area contributed by atoms with Gasteiger partial charge in [0.2, 0.25) is 23.6 Å². The number of amides is 4. The van der Waals surface area contributed by atoms with Crippen LogP contribution in [0.1, 0.15) is 39.5 Å². The topological polar surface area (TPSA) is 191 Å². The highest BCUT2D eigenvalue weighted by atomic mass is 16.5. The van der Waals surface area contributed by atoms with Crippen LogP contribution < -0.4 is 21.3 Å². The molecule has 0 heterocycles. The SMILES string of the molecule is C=C(O)C(C)CC(=O)NCCC(=O)NCCNC(=O)COCCOCCNC(=O)COCCOCCCC(C)=O. The maximum atomic E-state index is 11.8. The molecular weight excluding hydrogens is 528 g/mol. The van der Waals surface area contributed by atoms with E-state index < -0.39 is 0 Å². The number of hydrogen-bond acceptors (Lipinski definition) is 10. The van der Waals surface area contributed by atoms with Crippen LogP contribution in [-0.2, 0) is 42.9 Å². The van der Waals surface area contributed by atoms with E-state index in [0.717, 1.165) is 0 Å². The van der Waals surface area contributed by atoms with Crippen LogP contribution in [-0.4, -0.2) is 114 Å². The third-order valence-corrected chi connectivity index (χ3v) is 5.10. The van der Waals surface area contributed by atoms with Crippen molar-refractivity contribution < 1.29 is 48.0 Å². The van der Waals surface area contributed by atoms with E-state index >= 15 is 0 Å². The first-order valence-electron chi connectivity index (χ1n) is 13.4. The van der Waals surface area contributed by atoms with Crippen molar-refractivity contribution in [3.8, 4) is 0 Å². The van der Waals surface area contributed by atoms with Crippen molar-refractivity contribution in [3.05, 3.63) is 12.3 Å². The van der Waals surface area contributed by atoms with Crippen LogP contribution in [0.5, 0.6) is 0 Å². The molecule has 0 aliphatic heterocycles. The fourth-order valence-electron chi connectivity index (χ4n) is 2.83. The Labute approximate surface area is 235 Å². The lowest BCUT2D eigenvalue weighted by atomic mass is 10.1. The van der Waals surface area contributed by atoms with Crippen molar-refractivity contribution >= 4 is 29.4 Å². The van der Waals surface area contributed by atoms with Crippen molar-refractivity contribution in [1.29, 1.82) is 0 Å². The molecule has 0 bridgehead atoms. The predicted molar refractivity (Wildman–Crippen MR) is 145 cm³/mol. The van der Waals surface area contributed by atoms with E-state index in [2.05, 4.69) is 27.8 Å². The molecule has 1 unspecified atom stereocenters. The number of ketones is 1. The Morgan fingerprint density at radius 3 is 1.73 bits per heavy atom.